The van der Waals surface area contributed by atoms with Gasteiger partial charge in [0.2, 0.25) is 0 Å². The van der Waals surface area contributed by atoms with E-state index in [0.29, 0.717) is 11.3 Å². The van der Waals surface area contributed by atoms with Gasteiger partial charge < -0.3 is 14.7 Å². The fourth-order valence-electron chi connectivity index (χ4n) is 2.30. The first-order chi connectivity index (χ1) is 11.5. The zero-order valence-corrected chi connectivity index (χ0v) is 13.3. The van der Waals surface area contributed by atoms with E-state index in [4.69, 9.17) is 9.84 Å². The summed E-state index contributed by atoms with van der Waals surface area (Å²) in [5.74, 6) is -4.60. The van der Waals surface area contributed by atoms with Gasteiger partial charge in [-0.15, -0.1) is 0 Å². The lowest BCUT2D eigenvalue weighted by Crippen LogP contribution is -2.42. The van der Waals surface area contributed by atoms with Crippen molar-refractivity contribution in [1.82, 2.24) is 4.90 Å². The molecule has 2 aromatic rings. The van der Waals surface area contributed by atoms with Crippen LogP contribution in [0.25, 0.3) is 0 Å². The Labute approximate surface area is 139 Å². The minimum atomic E-state index is -3.68. The number of rotatable bonds is 7. The van der Waals surface area contributed by atoms with Gasteiger partial charge in [-0.25, -0.2) is 0 Å². The first-order valence-electron chi connectivity index (χ1n) is 7.45. The van der Waals surface area contributed by atoms with Gasteiger partial charge in [-0.2, -0.15) is 8.78 Å². The van der Waals surface area contributed by atoms with Gasteiger partial charge in [-0.1, -0.05) is 30.3 Å². The second-order valence-electron chi connectivity index (χ2n) is 5.24. The van der Waals surface area contributed by atoms with E-state index in [1.54, 1.807) is 30.3 Å². The van der Waals surface area contributed by atoms with Crippen LogP contribution in [0.2, 0.25) is 0 Å². The molecule has 0 saturated heterocycles. The van der Waals surface area contributed by atoms with Crippen molar-refractivity contribution in [2.45, 2.75) is 12.5 Å². The van der Waals surface area contributed by atoms with Gasteiger partial charge >= 0.3 is 5.92 Å². The predicted molar refractivity (Wildman–Crippen MR) is 85.8 cm³/mol. The van der Waals surface area contributed by atoms with Crippen LogP contribution in [0.15, 0.2) is 54.6 Å². The van der Waals surface area contributed by atoms with Crippen LogP contribution in [0.3, 0.4) is 0 Å². The highest BCUT2D eigenvalue weighted by atomic mass is 19.3. The quantitative estimate of drug-likeness (QED) is 0.846. The number of alkyl halides is 2. The van der Waals surface area contributed by atoms with E-state index < -0.39 is 24.0 Å². The molecule has 0 radical (unpaired) electrons. The maximum absolute atomic E-state index is 14.5. The van der Waals surface area contributed by atoms with Gasteiger partial charge in [0, 0.05) is 18.7 Å². The fraction of sp³-hybridized carbons (Fsp3) is 0.278. The molecule has 0 unspecified atom stereocenters. The van der Waals surface area contributed by atoms with Crippen molar-refractivity contribution in [3.05, 3.63) is 65.7 Å². The minimum absolute atomic E-state index is 0.00593. The average molecular weight is 335 g/mol. The highest BCUT2D eigenvalue weighted by molar-refractivity contribution is 5.85. The molecular formula is C18H19F2NO3. The number of carbonyl (C=O) groups is 1. The Morgan fingerprint density at radius 1 is 1.12 bits per heavy atom. The lowest BCUT2D eigenvalue weighted by Gasteiger charge is -2.27. The van der Waals surface area contributed by atoms with Crippen LogP contribution in [-0.4, -0.2) is 36.2 Å². The number of methoxy groups -OCH3 is 1. The van der Waals surface area contributed by atoms with E-state index in [9.17, 15) is 13.6 Å². The third kappa shape index (κ3) is 4.08. The maximum Gasteiger partial charge on any atom is 0.349 e. The number of hydrogen-bond donors (Lipinski definition) is 1. The summed E-state index contributed by atoms with van der Waals surface area (Å²) in [6, 6.07) is 13.9. The van der Waals surface area contributed by atoms with Crippen molar-refractivity contribution in [1.29, 1.82) is 0 Å². The van der Waals surface area contributed by atoms with Gasteiger partial charge in [0.15, 0.2) is 0 Å². The SMILES string of the molecule is COc1ccc(C(F)(F)C(=O)N(CCO)Cc2ccccc2)cc1. The molecule has 0 atom stereocenters. The lowest BCUT2D eigenvalue weighted by molar-refractivity contribution is -0.160. The Hall–Kier alpha value is -2.47. The molecule has 2 aromatic carbocycles. The second-order valence-corrected chi connectivity index (χ2v) is 5.24. The molecule has 0 aromatic heterocycles. The number of aliphatic hydroxyl groups excluding tert-OH is 1. The predicted octanol–water partition coefficient (Wildman–Crippen LogP) is 2.81. The van der Waals surface area contributed by atoms with E-state index in [0.717, 1.165) is 17.0 Å². The Bertz CT molecular complexity index is 660. The number of halogens is 2. The van der Waals surface area contributed by atoms with Gasteiger partial charge in [-0.3, -0.25) is 4.79 Å². The molecule has 4 nitrogen and oxygen atoms in total. The smallest absolute Gasteiger partial charge is 0.349 e. The highest BCUT2D eigenvalue weighted by Gasteiger charge is 2.43. The number of nitrogens with zero attached hydrogens (tertiary/aromatic N) is 1. The maximum atomic E-state index is 14.5. The first-order valence-corrected chi connectivity index (χ1v) is 7.45. The van der Waals surface area contributed by atoms with E-state index in [1.807, 2.05) is 0 Å². The second kappa shape index (κ2) is 7.88. The number of amides is 1. The molecule has 0 spiro atoms. The fourth-order valence-corrected chi connectivity index (χ4v) is 2.30. The number of ether oxygens (including phenoxy) is 1. The summed E-state index contributed by atoms with van der Waals surface area (Å²) in [4.78, 5) is 13.3. The molecular weight excluding hydrogens is 316 g/mol. The third-order valence-electron chi connectivity index (χ3n) is 3.59. The topological polar surface area (TPSA) is 49.8 Å². The van der Waals surface area contributed by atoms with E-state index >= 15 is 0 Å². The van der Waals surface area contributed by atoms with Crippen LogP contribution in [0, 0.1) is 0 Å². The molecule has 1 N–H and O–H groups in total. The summed E-state index contributed by atoms with van der Waals surface area (Å²) < 4.78 is 34.0. The molecule has 0 heterocycles. The monoisotopic (exact) mass is 335 g/mol. The molecule has 24 heavy (non-hydrogen) atoms. The number of aliphatic hydroxyl groups is 1. The third-order valence-corrected chi connectivity index (χ3v) is 3.59. The van der Waals surface area contributed by atoms with E-state index in [1.165, 1.54) is 19.2 Å². The average Bonchev–Trinajstić information content (AvgIpc) is 2.61. The molecule has 128 valence electrons. The van der Waals surface area contributed by atoms with Crippen LogP contribution in [-0.2, 0) is 17.3 Å². The number of carbonyl (C=O) groups excluding carboxylic acids is 1. The molecule has 6 heteroatoms. The number of hydrogen-bond acceptors (Lipinski definition) is 3. The van der Waals surface area contributed by atoms with Crippen molar-refractivity contribution < 1.29 is 23.4 Å². The lowest BCUT2D eigenvalue weighted by atomic mass is 10.1. The van der Waals surface area contributed by atoms with Crippen LogP contribution in [0.5, 0.6) is 5.75 Å². The summed E-state index contributed by atoms with van der Waals surface area (Å²) in [5.41, 5.74) is 0.300. The molecule has 0 fully saturated rings. The van der Waals surface area contributed by atoms with Gasteiger partial charge in [0.25, 0.3) is 5.91 Å². The molecule has 2 rings (SSSR count). The van der Waals surface area contributed by atoms with Crippen LogP contribution < -0.4 is 4.74 Å². The summed E-state index contributed by atoms with van der Waals surface area (Å²) >= 11 is 0. The molecule has 0 aliphatic carbocycles. The Morgan fingerprint density at radius 2 is 1.75 bits per heavy atom. The first kappa shape index (κ1) is 17.9. The van der Waals surface area contributed by atoms with E-state index in [-0.39, 0.29) is 13.1 Å². The van der Waals surface area contributed by atoms with Gasteiger partial charge in [-0.05, 0) is 29.8 Å². The molecule has 0 aliphatic heterocycles. The summed E-state index contributed by atoms with van der Waals surface area (Å²) in [6.45, 7) is -0.553. The van der Waals surface area contributed by atoms with Crippen molar-refractivity contribution >= 4 is 5.91 Å². The summed E-state index contributed by atoms with van der Waals surface area (Å²) in [5, 5.41) is 9.11. The zero-order valence-electron chi connectivity index (χ0n) is 13.3. The minimum Gasteiger partial charge on any atom is -0.497 e. The Morgan fingerprint density at radius 3 is 2.29 bits per heavy atom. The molecule has 0 saturated carbocycles. The largest absolute Gasteiger partial charge is 0.497 e. The van der Waals surface area contributed by atoms with Crippen LogP contribution in [0.1, 0.15) is 11.1 Å². The molecule has 0 aliphatic rings. The van der Waals surface area contributed by atoms with Crippen molar-refractivity contribution in [3.63, 3.8) is 0 Å². The summed E-state index contributed by atoms with van der Waals surface area (Å²) in [6.07, 6.45) is 0. The summed E-state index contributed by atoms with van der Waals surface area (Å²) in [7, 11) is 1.43. The van der Waals surface area contributed by atoms with Crippen LogP contribution >= 0.6 is 0 Å². The van der Waals surface area contributed by atoms with Crippen molar-refractivity contribution in [2.75, 3.05) is 20.3 Å². The van der Waals surface area contributed by atoms with Crippen molar-refractivity contribution in [3.8, 4) is 5.75 Å². The Balaban J connectivity index is 2.22. The highest BCUT2D eigenvalue weighted by Crippen LogP contribution is 2.32. The Kier molecular flexibility index (Phi) is 5.87. The normalized spacial score (nSPS) is 11.2. The number of benzene rings is 2. The van der Waals surface area contributed by atoms with E-state index in [2.05, 4.69) is 0 Å². The molecule has 0 bridgehead atoms. The van der Waals surface area contributed by atoms with Gasteiger partial charge in [0.1, 0.15) is 5.75 Å². The standard InChI is InChI=1S/C18H19F2NO3/c1-24-16-9-7-15(8-10-16)18(19,20)17(23)21(11-12-22)13-14-5-3-2-4-6-14/h2-10,22H,11-13H2,1H3. The van der Waals surface area contributed by atoms with Gasteiger partial charge in [0.05, 0.1) is 13.7 Å². The zero-order chi connectivity index (χ0) is 17.6. The van der Waals surface area contributed by atoms with Crippen LogP contribution in [0.4, 0.5) is 8.78 Å². The van der Waals surface area contributed by atoms with Crippen molar-refractivity contribution in [2.24, 2.45) is 0 Å². The molecule has 1 amide bonds.